The summed E-state index contributed by atoms with van der Waals surface area (Å²) in [5.41, 5.74) is 2.11. The second kappa shape index (κ2) is 6.74. The lowest BCUT2D eigenvalue weighted by Crippen LogP contribution is -2.45. The Hall–Kier alpha value is -2.83. The van der Waals surface area contributed by atoms with E-state index < -0.39 is 6.09 Å². The molecule has 0 atom stereocenters. The molecule has 7 heteroatoms. The highest BCUT2D eigenvalue weighted by Gasteiger charge is 2.33. The minimum absolute atomic E-state index is 0.236. The number of hydrogen-bond acceptors (Lipinski definition) is 4. The second-order valence-electron chi connectivity index (χ2n) is 5.49. The number of benzene rings is 1. The third-order valence-electron chi connectivity index (χ3n) is 3.99. The van der Waals surface area contributed by atoms with Crippen molar-refractivity contribution in [3.8, 4) is 5.69 Å². The number of ether oxygens (including phenoxy) is 1. The van der Waals surface area contributed by atoms with Gasteiger partial charge in [-0.2, -0.15) is 5.10 Å². The lowest BCUT2D eigenvalue weighted by Gasteiger charge is -2.26. The fourth-order valence-electron chi connectivity index (χ4n) is 2.80. The zero-order chi connectivity index (χ0) is 17.1. The van der Waals surface area contributed by atoms with Crippen LogP contribution in [0.25, 0.3) is 5.69 Å². The van der Waals surface area contributed by atoms with E-state index in [1.807, 2.05) is 37.3 Å². The van der Waals surface area contributed by atoms with Gasteiger partial charge in [0.05, 0.1) is 29.7 Å². The highest BCUT2D eigenvalue weighted by Crippen LogP contribution is 2.20. The van der Waals surface area contributed by atoms with Crippen molar-refractivity contribution in [3.05, 3.63) is 47.8 Å². The Bertz CT molecular complexity index is 742. The predicted octanol–water partition coefficient (Wildman–Crippen LogP) is 2.40. The maximum atomic E-state index is 12.9. The molecule has 0 bridgehead atoms. The Balaban J connectivity index is 1.85. The van der Waals surface area contributed by atoms with Crippen LogP contribution in [0.3, 0.4) is 0 Å². The number of para-hydroxylation sites is 1. The van der Waals surface area contributed by atoms with Gasteiger partial charge in [0, 0.05) is 13.1 Å². The molecule has 0 radical (unpaired) electrons. The molecule has 7 nitrogen and oxygen atoms in total. The molecular weight excluding hydrogens is 308 g/mol. The van der Waals surface area contributed by atoms with E-state index in [-0.39, 0.29) is 12.5 Å². The Labute approximate surface area is 140 Å². The van der Waals surface area contributed by atoms with Gasteiger partial charge in [0.1, 0.15) is 0 Å². The summed E-state index contributed by atoms with van der Waals surface area (Å²) < 4.78 is 6.74. The smallest absolute Gasteiger partial charge is 0.428 e. The number of rotatable bonds is 3. The van der Waals surface area contributed by atoms with Crippen LogP contribution in [0.2, 0.25) is 0 Å². The van der Waals surface area contributed by atoms with Crippen LogP contribution >= 0.6 is 0 Å². The first kappa shape index (κ1) is 16.0. The average Bonchev–Trinajstić information content (AvgIpc) is 3.22. The maximum Gasteiger partial charge on any atom is 0.428 e. The van der Waals surface area contributed by atoms with Crippen LogP contribution in [0.5, 0.6) is 0 Å². The normalized spacial score (nSPS) is 14.1. The van der Waals surface area contributed by atoms with E-state index in [0.717, 1.165) is 17.8 Å². The van der Waals surface area contributed by atoms with Gasteiger partial charge in [0.15, 0.2) is 0 Å². The molecule has 1 aliphatic heterocycles. The minimum Gasteiger partial charge on any atom is -0.448 e. The molecule has 1 aromatic heterocycles. The van der Waals surface area contributed by atoms with Crippen LogP contribution in [0.1, 0.15) is 29.4 Å². The molecule has 0 aliphatic carbocycles. The van der Waals surface area contributed by atoms with Gasteiger partial charge in [-0.05, 0) is 32.4 Å². The van der Waals surface area contributed by atoms with E-state index in [1.54, 1.807) is 17.8 Å². The predicted molar refractivity (Wildman–Crippen MR) is 87.7 cm³/mol. The van der Waals surface area contributed by atoms with E-state index in [0.29, 0.717) is 18.7 Å². The molecule has 1 saturated heterocycles. The number of carbonyl (C=O) groups excluding carboxylic acids is 2. The second-order valence-corrected chi connectivity index (χ2v) is 5.49. The van der Waals surface area contributed by atoms with Crippen molar-refractivity contribution >= 4 is 12.0 Å². The Morgan fingerprint density at radius 2 is 1.88 bits per heavy atom. The number of amides is 2. The van der Waals surface area contributed by atoms with Crippen molar-refractivity contribution in [3.63, 3.8) is 0 Å². The lowest BCUT2D eigenvalue weighted by atomic mass is 10.2. The zero-order valence-electron chi connectivity index (χ0n) is 13.8. The molecule has 0 saturated carbocycles. The molecule has 2 aromatic rings. The Morgan fingerprint density at radius 3 is 2.58 bits per heavy atom. The summed E-state index contributed by atoms with van der Waals surface area (Å²) >= 11 is 0. The topological polar surface area (TPSA) is 67.7 Å². The summed E-state index contributed by atoms with van der Waals surface area (Å²) in [7, 11) is 0. The van der Waals surface area contributed by atoms with Gasteiger partial charge in [-0.3, -0.25) is 4.79 Å². The average molecular weight is 328 g/mol. The number of hydrazine groups is 1. The summed E-state index contributed by atoms with van der Waals surface area (Å²) in [6.45, 7) is 4.85. The van der Waals surface area contributed by atoms with E-state index in [9.17, 15) is 9.59 Å². The maximum absolute atomic E-state index is 12.9. The van der Waals surface area contributed by atoms with Crippen molar-refractivity contribution < 1.29 is 14.3 Å². The molecule has 1 fully saturated rings. The van der Waals surface area contributed by atoms with E-state index in [1.165, 1.54) is 10.0 Å². The van der Waals surface area contributed by atoms with Crippen LogP contribution < -0.4 is 0 Å². The Kier molecular flexibility index (Phi) is 4.50. The van der Waals surface area contributed by atoms with E-state index in [2.05, 4.69) is 5.10 Å². The molecule has 0 spiro atoms. The molecule has 0 unspecified atom stereocenters. The van der Waals surface area contributed by atoms with Gasteiger partial charge >= 0.3 is 6.09 Å². The molecule has 2 amide bonds. The van der Waals surface area contributed by atoms with Crippen molar-refractivity contribution in [2.24, 2.45) is 0 Å². The molecule has 3 rings (SSSR count). The molecule has 126 valence electrons. The van der Waals surface area contributed by atoms with Gasteiger partial charge in [0.2, 0.25) is 0 Å². The largest absolute Gasteiger partial charge is 0.448 e. The minimum atomic E-state index is -0.489. The monoisotopic (exact) mass is 328 g/mol. The molecule has 1 aromatic carbocycles. The third-order valence-corrected chi connectivity index (χ3v) is 3.99. The van der Waals surface area contributed by atoms with Crippen molar-refractivity contribution in [1.29, 1.82) is 0 Å². The molecule has 1 aliphatic rings. The van der Waals surface area contributed by atoms with Crippen LogP contribution in [-0.2, 0) is 4.74 Å². The number of aromatic nitrogens is 2. The molecule has 0 N–H and O–H groups in total. The summed E-state index contributed by atoms with van der Waals surface area (Å²) in [5.74, 6) is -0.236. The fraction of sp³-hybridized carbons (Fsp3) is 0.353. The van der Waals surface area contributed by atoms with Gasteiger partial charge in [-0.15, -0.1) is 0 Å². The Morgan fingerprint density at radius 1 is 1.17 bits per heavy atom. The van der Waals surface area contributed by atoms with Gasteiger partial charge in [-0.25, -0.2) is 19.5 Å². The molecule has 2 heterocycles. The van der Waals surface area contributed by atoms with Gasteiger partial charge in [-0.1, -0.05) is 18.2 Å². The summed E-state index contributed by atoms with van der Waals surface area (Å²) in [6, 6.07) is 9.61. The number of nitrogens with zero attached hydrogens (tertiary/aromatic N) is 4. The highest BCUT2D eigenvalue weighted by molar-refractivity contribution is 5.96. The van der Waals surface area contributed by atoms with Gasteiger partial charge < -0.3 is 4.74 Å². The fourth-order valence-corrected chi connectivity index (χ4v) is 2.80. The standard InChI is InChI=1S/C17H20N4O3/c1-3-24-17(23)20-11-7-10-19(20)16(22)15-12-18-21(13(15)2)14-8-5-4-6-9-14/h4-6,8-9,12H,3,7,10-11H2,1-2H3. The van der Waals surface area contributed by atoms with Crippen molar-refractivity contribution in [2.75, 3.05) is 19.7 Å². The highest BCUT2D eigenvalue weighted by atomic mass is 16.6. The van der Waals surface area contributed by atoms with Crippen LogP contribution in [-0.4, -0.2) is 51.5 Å². The number of hydrogen-bond donors (Lipinski definition) is 0. The first-order valence-electron chi connectivity index (χ1n) is 7.99. The van der Waals surface area contributed by atoms with Crippen LogP contribution in [0.15, 0.2) is 36.5 Å². The van der Waals surface area contributed by atoms with Crippen molar-refractivity contribution in [1.82, 2.24) is 19.8 Å². The number of carbonyl (C=O) groups is 2. The van der Waals surface area contributed by atoms with Crippen molar-refractivity contribution in [2.45, 2.75) is 20.3 Å². The first-order valence-corrected chi connectivity index (χ1v) is 7.99. The summed E-state index contributed by atoms with van der Waals surface area (Å²) in [5, 5.41) is 7.13. The summed E-state index contributed by atoms with van der Waals surface area (Å²) in [4.78, 5) is 24.8. The summed E-state index contributed by atoms with van der Waals surface area (Å²) in [6.07, 6.45) is 1.79. The quantitative estimate of drug-likeness (QED) is 0.868. The first-order chi connectivity index (χ1) is 11.6. The van der Waals surface area contributed by atoms with E-state index >= 15 is 0 Å². The SMILES string of the molecule is CCOC(=O)N1CCCN1C(=O)c1cnn(-c2ccccc2)c1C. The van der Waals surface area contributed by atoms with Gasteiger partial charge in [0.25, 0.3) is 5.91 Å². The molecular formula is C17H20N4O3. The molecule has 24 heavy (non-hydrogen) atoms. The lowest BCUT2D eigenvalue weighted by molar-refractivity contribution is 0.0145. The third kappa shape index (κ3) is 2.84. The van der Waals surface area contributed by atoms with Crippen LogP contribution in [0.4, 0.5) is 4.79 Å². The van der Waals surface area contributed by atoms with Crippen LogP contribution in [0, 0.1) is 6.92 Å². The zero-order valence-corrected chi connectivity index (χ0v) is 13.8. The van der Waals surface area contributed by atoms with E-state index in [4.69, 9.17) is 4.74 Å².